The van der Waals surface area contributed by atoms with Crippen LogP contribution in [0.1, 0.15) is 23.6 Å². The summed E-state index contributed by atoms with van der Waals surface area (Å²) in [6.45, 7) is 4.98. The average Bonchev–Trinajstić information content (AvgIpc) is 2.78. The van der Waals surface area contributed by atoms with Gasteiger partial charge in [0.15, 0.2) is 0 Å². The summed E-state index contributed by atoms with van der Waals surface area (Å²) in [6.07, 6.45) is 0. The molecule has 1 N–H and O–H groups in total. The highest BCUT2D eigenvalue weighted by Crippen LogP contribution is 2.18. The van der Waals surface area contributed by atoms with Crippen molar-refractivity contribution in [2.24, 2.45) is 0 Å². The van der Waals surface area contributed by atoms with Gasteiger partial charge < -0.3 is 0 Å². The molecule has 2 atom stereocenters. The first kappa shape index (κ1) is 22.7. The standard InChI is InChI=1S/C25H27N3O2S/c1-20-13-15-24(16-14-20)31(29,30)27-25(17-26)21(2)28(18-22-9-5-3-6-10-22)19-23-11-7-4-8-12-23/h3-16,21,25,27H,18-19H2,1-2H3/t21-,25-/m0/s1. The van der Waals surface area contributed by atoms with Gasteiger partial charge in [0, 0.05) is 19.1 Å². The van der Waals surface area contributed by atoms with E-state index in [0.717, 1.165) is 16.7 Å². The average molecular weight is 434 g/mol. The summed E-state index contributed by atoms with van der Waals surface area (Å²) < 4.78 is 28.4. The van der Waals surface area contributed by atoms with E-state index in [2.05, 4.69) is 15.7 Å². The lowest BCUT2D eigenvalue weighted by molar-refractivity contribution is 0.176. The van der Waals surface area contributed by atoms with Crippen LogP contribution in [0, 0.1) is 18.3 Å². The monoisotopic (exact) mass is 433 g/mol. The molecule has 0 aliphatic heterocycles. The van der Waals surface area contributed by atoms with Crippen molar-refractivity contribution in [2.75, 3.05) is 0 Å². The van der Waals surface area contributed by atoms with Crippen LogP contribution in [0.5, 0.6) is 0 Å². The van der Waals surface area contributed by atoms with Gasteiger partial charge in [-0.05, 0) is 37.1 Å². The Morgan fingerprint density at radius 1 is 0.871 bits per heavy atom. The second-order valence-corrected chi connectivity index (χ2v) is 9.37. The van der Waals surface area contributed by atoms with E-state index in [0.29, 0.717) is 13.1 Å². The van der Waals surface area contributed by atoms with Crippen molar-refractivity contribution in [2.45, 2.75) is 43.9 Å². The number of rotatable bonds is 9. The van der Waals surface area contributed by atoms with Crippen molar-refractivity contribution in [1.29, 1.82) is 5.26 Å². The van der Waals surface area contributed by atoms with Crippen LogP contribution in [0.15, 0.2) is 89.8 Å². The molecule has 0 amide bonds. The summed E-state index contributed by atoms with van der Waals surface area (Å²) >= 11 is 0. The molecule has 5 nitrogen and oxygen atoms in total. The van der Waals surface area contributed by atoms with Crippen LogP contribution in [0.25, 0.3) is 0 Å². The van der Waals surface area contributed by atoms with Crippen molar-refractivity contribution in [1.82, 2.24) is 9.62 Å². The summed E-state index contributed by atoms with van der Waals surface area (Å²) in [7, 11) is -3.81. The molecule has 3 rings (SSSR count). The predicted molar refractivity (Wildman–Crippen MR) is 122 cm³/mol. The Kier molecular flexibility index (Phi) is 7.59. The fourth-order valence-electron chi connectivity index (χ4n) is 3.38. The number of nitriles is 1. The Labute approximate surface area is 185 Å². The fraction of sp³-hybridized carbons (Fsp3) is 0.240. The lowest BCUT2D eigenvalue weighted by atomic mass is 10.1. The van der Waals surface area contributed by atoms with Crippen molar-refractivity contribution in [3.63, 3.8) is 0 Å². The molecule has 0 fully saturated rings. The van der Waals surface area contributed by atoms with Gasteiger partial charge in [-0.2, -0.15) is 9.98 Å². The molecule has 31 heavy (non-hydrogen) atoms. The van der Waals surface area contributed by atoms with E-state index in [4.69, 9.17) is 0 Å². The van der Waals surface area contributed by atoms with Gasteiger partial charge in [0.2, 0.25) is 10.0 Å². The van der Waals surface area contributed by atoms with Gasteiger partial charge in [0.1, 0.15) is 6.04 Å². The number of benzene rings is 3. The topological polar surface area (TPSA) is 73.2 Å². The molecule has 0 radical (unpaired) electrons. The molecule has 0 saturated heterocycles. The summed E-state index contributed by atoms with van der Waals surface area (Å²) in [5.74, 6) is 0. The van der Waals surface area contributed by atoms with Crippen LogP contribution in [0.2, 0.25) is 0 Å². The molecular weight excluding hydrogens is 406 g/mol. The normalized spacial score (nSPS) is 13.5. The smallest absolute Gasteiger partial charge is 0.241 e. The molecule has 0 spiro atoms. The quantitative estimate of drug-likeness (QED) is 0.547. The Morgan fingerprint density at radius 2 is 1.35 bits per heavy atom. The summed E-state index contributed by atoms with van der Waals surface area (Å²) in [5, 5.41) is 9.83. The first-order valence-corrected chi connectivity index (χ1v) is 11.7. The van der Waals surface area contributed by atoms with E-state index in [9.17, 15) is 13.7 Å². The number of hydrogen-bond acceptors (Lipinski definition) is 4. The highest BCUT2D eigenvalue weighted by molar-refractivity contribution is 7.89. The molecule has 0 bridgehead atoms. The highest BCUT2D eigenvalue weighted by atomic mass is 32.2. The number of nitrogens with zero attached hydrogens (tertiary/aromatic N) is 2. The fourth-order valence-corrected chi connectivity index (χ4v) is 4.59. The zero-order valence-corrected chi connectivity index (χ0v) is 18.6. The number of nitrogens with one attached hydrogen (secondary N) is 1. The number of aryl methyl sites for hydroxylation is 1. The van der Waals surface area contributed by atoms with Crippen LogP contribution in [0.4, 0.5) is 0 Å². The first-order chi connectivity index (χ1) is 14.9. The second-order valence-electron chi connectivity index (χ2n) is 7.66. The third-order valence-corrected chi connectivity index (χ3v) is 6.72. The molecule has 3 aromatic carbocycles. The van der Waals surface area contributed by atoms with E-state index < -0.39 is 16.1 Å². The van der Waals surface area contributed by atoms with E-state index in [-0.39, 0.29) is 10.9 Å². The molecule has 0 heterocycles. The third kappa shape index (κ3) is 6.25. The molecular formula is C25H27N3O2S. The predicted octanol–water partition coefficient (Wildman–Crippen LogP) is 4.26. The summed E-state index contributed by atoms with van der Waals surface area (Å²) in [4.78, 5) is 2.28. The van der Waals surface area contributed by atoms with Crippen LogP contribution >= 0.6 is 0 Å². The molecule has 0 aliphatic rings. The molecule has 3 aromatic rings. The van der Waals surface area contributed by atoms with E-state index in [1.807, 2.05) is 74.5 Å². The van der Waals surface area contributed by atoms with Crippen molar-refractivity contribution in [3.05, 3.63) is 102 Å². The number of hydrogen-bond donors (Lipinski definition) is 1. The Morgan fingerprint density at radius 3 is 1.81 bits per heavy atom. The maximum atomic E-state index is 12.9. The van der Waals surface area contributed by atoms with Gasteiger partial charge in [-0.15, -0.1) is 0 Å². The van der Waals surface area contributed by atoms with E-state index in [1.54, 1.807) is 24.3 Å². The highest BCUT2D eigenvalue weighted by Gasteiger charge is 2.28. The molecule has 0 saturated carbocycles. The minimum atomic E-state index is -3.81. The van der Waals surface area contributed by atoms with Crippen LogP contribution in [-0.2, 0) is 23.1 Å². The van der Waals surface area contributed by atoms with Gasteiger partial charge >= 0.3 is 0 Å². The van der Waals surface area contributed by atoms with Crippen LogP contribution in [0.3, 0.4) is 0 Å². The Hall–Kier alpha value is -2.98. The Bertz CT molecular complexity index is 1070. The van der Waals surface area contributed by atoms with Crippen molar-refractivity contribution < 1.29 is 8.42 Å². The van der Waals surface area contributed by atoms with E-state index in [1.165, 1.54) is 0 Å². The third-order valence-electron chi connectivity index (χ3n) is 5.27. The minimum Gasteiger partial charge on any atom is -0.290 e. The van der Waals surface area contributed by atoms with Crippen LogP contribution in [-0.4, -0.2) is 25.4 Å². The number of sulfonamides is 1. The summed E-state index contributed by atoms with van der Waals surface area (Å²) in [6, 6.07) is 27.4. The Balaban J connectivity index is 1.84. The van der Waals surface area contributed by atoms with Crippen LogP contribution < -0.4 is 4.72 Å². The van der Waals surface area contributed by atoms with Gasteiger partial charge in [-0.1, -0.05) is 78.4 Å². The minimum absolute atomic E-state index is 0.156. The van der Waals surface area contributed by atoms with E-state index >= 15 is 0 Å². The van der Waals surface area contributed by atoms with Gasteiger partial charge in [-0.3, -0.25) is 4.90 Å². The molecule has 6 heteroatoms. The van der Waals surface area contributed by atoms with Gasteiger partial charge in [-0.25, -0.2) is 8.42 Å². The lowest BCUT2D eigenvalue weighted by Gasteiger charge is -2.32. The molecule has 0 unspecified atom stereocenters. The van der Waals surface area contributed by atoms with Gasteiger partial charge in [0.25, 0.3) is 0 Å². The zero-order chi connectivity index (χ0) is 22.3. The SMILES string of the molecule is Cc1ccc(S(=O)(=O)N[C@@H](C#N)[C@H](C)N(Cc2ccccc2)Cc2ccccc2)cc1. The first-order valence-electron chi connectivity index (χ1n) is 10.2. The zero-order valence-electron chi connectivity index (χ0n) is 17.8. The van der Waals surface area contributed by atoms with Crippen molar-refractivity contribution in [3.8, 4) is 6.07 Å². The largest absolute Gasteiger partial charge is 0.290 e. The summed E-state index contributed by atoms with van der Waals surface area (Å²) in [5.41, 5.74) is 3.17. The second kappa shape index (κ2) is 10.4. The maximum Gasteiger partial charge on any atom is 0.241 e. The maximum absolute atomic E-state index is 12.9. The molecule has 0 aliphatic carbocycles. The van der Waals surface area contributed by atoms with Crippen molar-refractivity contribution >= 4 is 10.0 Å². The lowest BCUT2D eigenvalue weighted by Crippen LogP contribution is -2.49. The van der Waals surface area contributed by atoms with Gasteiger partial charge in [0.05, 0.1) is 11.0 Å². The molecule has 0 aromatic heterocycles. The molecule has 160 valence electrons.